The Kier molecular flexibility index (Phi) is 3.23. The topological polar surface area (TPSA) is 49.9 Å². The zero-order valence-electron chi connectivity index (χ0n) is 9.93. The van der Waals surface area contributed by atoms with Crippen LogP contribution in [-0.4, -0.2) is 5.27 Å². The number of para-hydroxylation sites is 1. The van der Waals surface area contributed by atoms with E-state index in [4.69, 9.17) is 4.52 Å². The van der Waals surface area contributed by atoms with Crippen LogP contribution in [0.4, 0.5) is 0 Å². The second-order valence-electron chi connectivity index (χ2n) is 3.67. The zero-order valence-corrected chi connectivity index (χ0v) is 9.93. The maximum absolute atomic E-state index is 11.7. The second-order valence-corrected chi connectivity index (χ2v) is 3.67. The van der Waals surface area contributed by atoms with E-state index in [2.05, 4.69) is 5.27 Å². The van der Waals surface area contributed by atoms with E-state index in [1.165, 1.54) is 0 Å². The molecule has 17 heavy (non-hydrogen) atoms. The van der Waals surface area contributed by atoms with Crippen LogP contribution in [0.1, 0.15) is 26.0 Å². The minimum absolute atomic E-state index is 0.344. The maximum atomic E-state index is 11.7. The minimum Gasteiger partial charge on any atom is -0.282 e. The number of benzene rings is 1. The van der Waals surface area contributed by atoms with Crippen LogP contribution in [0.25, 0.3) is 11.3 Å². The molecular weight excluding hydrogens is 216 g/mol. The normalized spacial score (nSPS) is 11.8. The molecule has 2 aromatic rings. The first-order valence-electron chi connectivity index (χ1n) is 5.62. The van der Waals surface area contributed by atoms with Crippen molar-refractivity contribution in [3.05, 3.63) is 52.5 Å². The highest BCUT2D eigenvalue weighted by molar-refractivity contribution is 5.59. The van der Waals surface area contributed by atoms with Gasteiger partial charge in [0, 0.05) is 17.7 Å². The fourth-order valence-electron chi connectivity index (χ4n) is 1.81. The molecule has 1 aromatic carbocycles. The summed E-state index contributed by atoms with van der Waals surface area (Å²) in [7, 11) is 0. The van der Waals surface area contributed by atoms with Gasteiger partial charge in [0.15, 0.2) is 0 Å². The average Bonchev–Trinajstić information content (AvgIpc) is 2.75. The number of rotatable bonds is 3. The lowest BCUT2D eigenvalue weighted by atomic mass is 10.1. The molecule has 1 aromatic heterocycles. The summed E-state index contributed by atoms with van der Waals surface area (Å²) in [5.74, 6) is 0. The largest absolute Gasteiger partial charge is 0.435 e. The van der Waals surface area contributed by atoms with Crippen molar-refractivity contribution in [1.29, 1.82) is 0 Å². The van der Waals surface area contributed by atoms with E-state index >= 15 is 0 Å². The lowest BCUT2D eigenvalue weighted by Crippen LogP contribution is -2.38. The second kappa shape index (κ2) is 4.82. The molecule has 0 atom stereocenters. The molecule has 0 aliphatic rings. The van der Waals surface area contributed by atoms with Crippen LogP contribution < -0.4 is 10.3 Å². The number of H-pyrrole nitrogens is 1. The van der Waals surface area contributed by atoms with Crippen LogP contribution in [0, 0.1) is 0 Å². The summed E-state index contributed by atoms with van der Waals surface area (Å²) < 4.78 is 6.54. The molecule has 1 N–H and O–H groups in total. The zero-order chi connectivity index (χ0) is 12.3. The van der Waals surface area contributed by atoms with Gasteiger partial charge in [0.2, 0.25) is 5.69 Å². The van der Waals surface area contributed by atoms with Crippen LogP contribution in [0.15, 0.2) is 45.7 Å². The number of hydrogen-bond acceptors (Lipinski definition) is 2. The van der Waals surface area contributed by atoms with Gasteiger partial charge < -0.3 is 0 Å². The van der Waals surface area contributed by atoms with Crippen LogP contribution in [-0.2, 0) is 0 Å². The molecular formula is C13H15N2O2+. The molecule has 0 fully saturated rings. The highest BCUT2D eigenvalue weighted by Crippen LogP contribution is 2.11. The molecule has 0 aliphatic carbocycles. The number of nitrogens with one attached hydrogen (secondary N) is 1. The van der Waals surface area contributed by atoms with Gasteiger partial charge in [0.05, 0.1) is 0 Å². The first kappa shape index (κ1) is 11.4. The van der Waals surface area contributed by atoms with Crippen LogP contribution in [0.5, 0.6) is 0 Å². The summed E-state index contributed by atoms with van der Waals surface area (Å²) in [4.78, 5) is 11.7. The molecule has 2 rings (SSSR count). The Morgan fingerprint density at radius 1 is 1.41 bits per heavy atom. The number of aromatic amines is 1. The molecule has 0 unspecified atom stereocenters. The number of aromatic nitrogens is 2. The third kappa shape index (κ3) is 2.06. The lowest BCUT2D eigenvalue weighted by molar-refractivity contribution is -0.672. The van der Waals surface area contributed by atoms with E-state index in [0.29, 0.717) is 5.69 Å². The summed E-state index contributed by atoms with van der Waals surface area (Å²) in [5.41, 5.74) is 2.05. The fourth-order valence-corrected chi connectivity index (χ4v) is 1.81. The number of allylic oxidation sites excluding steroid dienone is 2. The first-order chi connectivity index (χ1) is 8.27. The van der Waals surface area contributed by atoms with Crippen molar-refractivity contribution in [1.82, 2.24) is 5.27 Å². The number of hydrogen-bond donors (Lipinski definition) is 1. The predicted molar refractivity (Wildman–Crippen MR) is 64.8 cm³/mol. The van der Waals surface area contributed by atoms with Crippen molar-refractivity contribution < 1.29 is 9.20 Å². The summed E-state index contributed by atoms with van der Waals surface area (Å²) in [5, 5.41) is 2.63. The fraction of sp³-hybridized carbons (Fsp3) is 0.231. The smallest absolute Gasteiger partial charge is 0.282 e. The van der Waals surface area contributed by atoms with Crippen molar-refractivity contribution >= 4 is 5.57 Å². The molecule has 0 spiro atoms. The standard InChI is InChI=1S/C13H14N2O2/c1-3-10(4-2)12-13(16)17-14-15(12)11-8-6-5-7-9-11/h3,5-9H,4H2,1-2H3/p+1/b10-3+. The van der Waals surface area contributed by atoms with Gasteiger partial charge in [0.25, 0.3) is 0 Å². The molecule has 0 saturated heterocycles. The van der Waals surface area contributed by atoms with Crippen LogP contribution in [0.2, 0.25) is 0 Å². The van der Waals surface area contributed by atoms with E-state index in [0.717, 1.165) is 17.7 Å². The van der Waals surface area contributed by atoms with E-state index in [-0.39, 0.29) is 5.63 Å². The molecule has 0 amide bonds. The van der Waals surface area contributed by atoms with Crippen molar-refractivity contribution in [2.45, 2.75) is 20.3 Å². The third-order valence-electron chi connectivity index (χ3n) is 2.69. The average molecular weight is 231 g/mol. The van der Waals surface area contributed by atoms with Gasteiger partial charge in [0.1, 0.15) is 0 Å². The molecule has 1 heterocycles. The van der Waals surface area contributed by atoms with Crippen molar-refractivity contribution in [2.75, 3.05) is 0 Å². The van der Waals surface area contributed by atoms with E-state index in [1.54, 1.807) is 4.68 Å². The van der Waals surface area contributed by atoms with Gasteiger partial charge in [-0.1, -0.05) is 31.2 Å². The summed E-state index contributed by atoms with van der Waals surface area (Å²) in [6, 6.07) is 9.59. The van der Waals surface area contributed by atoms with Gasteiger partial charge in [-0.3, -0.25) is 4.52 Å². The van der Waals surface area contributed by atoms with Crippen molar-refractivity contribution in [2.24, 2.45) is 0 Å². The highest BCUT2D eigenvalue weighted by atomic mass is 16.5. The van der Waals surface area contributed by atoms with Gasteiger partial charge in [-0.05, 0) is 23.3 Å². The Morgan fingerprint density at radius 2 is 2.12 bits per heavy atom. The van der Waals surface area contributed by atoms with Crippen LogP contribution in [0.3, 0.4) is 0 Å². The first-order valence-corrected chi connectivity index (χ1v) is 5.62. The number of nitrogens with zero attached hydrogens (tertiary/aromatic N) is 1. The molecule has 0 aliphatic heterocycles. The van der Waals surface area contributed by atoms with E-state index in [1.807, 2.05) is 50.3 Å². The molecule has 4 nitrogen and oxygen atoms in total. The molecule has 88 valence electrons. The SMILES string of the molecule is C/C=C(\CC)c1c(=O)o[nH][n+]1-c1ccccc1. The summed E-state index contributed by atoms with van der Waals surface area (Å²) in [6.07, 6.45) is 2.71. The summed E-state index contributed by atoms with van der Waals surface area (Å²) >= 11 is 0. The van der Waals surface area contributed by atoms with Gasteiger partial charge in [-0.15, -0.1) is 0 Å². The van der Waals surface area contributed by atoms with E-state index < -0.39 is 0 Å². The molecule has 0 radical (unpaired) electrons. The molecule has 4 heteroatoms. The quantitative estimate of drug-likeness (QED) is 0.822. The highest BCUT2D eigenvalue weighted by Gasteiger charge is 2.25. The monoisotopic (exact) mass is 231 g/mol. The lowest BCUT2D eigenvalue weighted by Gasteiger charge is -1.95. The summed E-state index contributed by atoms with van der Waals surface area (Å²) in [6.45, 7) is 3.93. The van der Waals surface area contributed by atoms with Crippen LogP contribution >= 0.6 is 0 Å². The molecule has 0 bridgehead atoms. The Labute approximate surface area is 99.1 Å². The Bertz CT molecular complexity index is 579. The minimum atomic E-state index is -0.344. The van der Waals surface area contributed by atoms with Gasteiger partial charge in [-0.25, -0.2) is 4.79 Å². The third-order valence-corrected chi connectivity index (χ3v) is 2.69. The van der Waals surface area contributed by atoms with Gasteiger partial charge in [-0.2, -0.15) is 0 Å². The Hall–Kier alpha value is -2.10. The van der Waals surface area contributed by atoms with E-state index in [9.17, 15) is 4.79 Å². The predicted octanol–water partition coefficient (Wildman–Crippen LogP) is 2.06. The Morgan fingerprint density at radius 3 is 2.71 bits per heavy atom. The molecule has 0 saturated carbocycles. The van der Waals surface area contributed by atoms with Gasteiger partial charge >= 0.3 is 11.3 Å². The maximum Gasteiger partial charge on any atom is 0.435 e. The van der Waals surface area contributed by atoms with Crippen molar-refractivity contribution in [3.8, 4) is 5.69 Å². The Balaban J connectivity index is 2.62. The van der Waals surface area contributed by atoms with Crippen molar-refractivity contribution in [3.63, 3.8) is 0 Å².